The number of nitrogens with one attached hydrogen (secondary N) is 2. The molecule has 1 fully saturated rings. The minimum Gasteiger partial charge on any atom is -0.444 e. The van der Waals surface area contributed by atoms with E-state index in [1.54, 1.807) is 20.8 Å². The van der Waals surface area contributed by atoms with Crippen LogP contribution in [0.1, 0.15) is 62.5 Å². The Labute approximate surface area is 231 Å². The van der Waals surface area contributed by atoms with Gasteiger partial charge in [-0.25, -0.2) is 17.2 Å². The molecule has 1 heterocycles. The average Bonchev–Trinajstić information content (AvgIpc) is 3.28. The molecule has 40 heavy (non-hydrogen) atoms. The largest absolute Gasteiger partial charge is 0.444 e. The van der Waals surface area contributed by atoms with Crippen molar-refractivity contribution in [1.82, 2.24) is 14.6 Å². The number of nitro benzene ring substituents is 1. The maximum Gasteiger partial charge on any atom is 0.407 e. The molecule has 1 aromatic heterocycles. The Morgan fingerprint density at radius 1 is 1.05 bits per heavy atom. The van der Waals surface area contributed by atoms with Crippen molar-refractivity contribution in [3.05, 3.63) is 69.9 Å². The van der Waals surface area contributed by atoms with Crippen molar-refractivity contribution < 1.29 is 27.7 Å². The summed E-state index contributed by atoms with van der Waals surface area (Å²) in [6.07, 6.45) is 1.76. The molecule has 0 aliphatic heterocycles. The van der Waals surface area contributed by atoms with Crippen LogP contribution in [-0.4, -0.2) is 47.0 Å². The number of amides is 2. The third-order valence-corrected chi connectivity index (χ3v) is 8.20. The van der Waals surface area contributed by atoms with E-state index in [0.717, 1.165) is 10.0 Å². The van der Waals surface area contributed by atoms with Crippen LogP contribution in [0.4, 0.5) is 10.5 Å². The van der Waals surface area contributed by atoms with Gasteiger partial charge in [0.2, 0.25) is 0 Å². The number of carbonyl (C=O) groups excluding carboxylic acids is 2. The lowest BCUT2D eigenvalue weighted by molar-refractivity contribution is -0.385. The summed E-state index contributed by atoms with van der Waals surface area (Å²) in [5.41, 5.74) is -0.944. The molecule has 0 bridgehead atoms. The summed E-state index contributed by atoms with van der Waals surface area (Å²) in [7, 11) is -4.48. The Morgan fingerprint density at radius 2 is 1.70 bits per heavy atom. The van der Waals surface area contributed by atoms with Crippen molar-refractivity contribution in [2.45, 2.75) is 69.0 Å². The van der Waals surface area contributed by atoms with Crippen LogP contribution < -0.4 is 10.6 Å². The molecule has 1 aliphatic carbocycles. The molecular weight excluding hydrogens is 538 g/mol. The van der Waals surface area contributed by atoms with Gasteiger partial charge in [0.1, 0.15) is 11.3 Å². The Hall–Kier alpha value is -4.44. The van der Waals surface area contributed by atoms with Crippen LogP contribution in [0.25, 0.3) is 10.9 Å². The normalized spacial score (nSPS) is 17.6. The molecule has 0 saturated heterocycles. The third-order valence-electron chi connectivity index (χ3n) is 6.47. The maximum absolute atomic E-state index is 13.8. The van der Waals surface area contributed by atoms with E-state index in [1.807, 2.05) is 6.07 Å². The minimum absolute atomic E-state index is 0.0981. The lowest BCUT2D eigenvalue weighted by Gasteiger charge is -2.30. The number of nitro groups is 1. The van der Waals surface area contributed by atoms with Gasteiger partial charge in [-0.1, -0.05) is 12.1 Å². The second-order valence-electron chi connectivity index (χ2n) is 10.6. The first-order chi connectivity index (χ1) is 18.8. The maximum atomic E-state index is 13.8. The Balaban J connectivity index is 1.60. The summed E-state index contributed by atoms with van der Waals surface area (Å²) < 4.78 is 33.7. The fraction of sp³-hybridized carbons (Fsp3) is 0.370. The molecule has 4 rings (SSSR count). The van der Waals surface area contributed by atoms with Gasteiger partial charge in [0.25, 0.3) is 21.6 Å². The summed E-state index contributed by atoms with van der Waals surface area (Å²) in [5.74, 6) is -0.646. The predicted octanol–water partition coefficient (Wildman–Crippen LogP) is 4.22. The van der Waals surface area contributed by atoms with Crippen LogP contribution in [0.2, 0.25) is 0 Å². The third kappa shape index (κ3) is 6.23. The topological polar surface area (TPSA) is 173 Å². The van der Waals surface area contributed by atoms with Crippen LogP contribution in [0.3, 0.4) is 0 Å². The number of aromatic nitrogens is 1. The highest BCUT2D eigenvalue weighted by Gasteiger charge is 2.30. The Kier molecular flexibility index (Phi) is 7.84. The molecule has 0 radical (unpaired) electrons. The van der Waals surface area contributed by atoms with E-state index in [-0.39, 0.29) is 33.8 Å². The van der Waals surface area contributed by atoms with Crippen molar-refractivity contribution in [2.24, 2.45) is 0 Å². The van der Waals surface area contributed by atoms with Crippen molar-refractivity contribution in [1.29, 1.82) is 5.26 Å². The number of carbonyl (C=O) groups is 2. The first-order valence-electron chi connectivity index (χ1n) is 12.6. The van der Waals surface area contributed by atoms with Gasteiger partial charge in [0.15, 0.2) is 0 Å². The Bertz CT molecular complexity index is 1620. The molecule has 1 aliphatic rings. The molecule has 0 atom stereocenters. The molecular formula is C27H29N5O7S. The molecule has 2 aromatic carbocycles. The summed E-state index contributed by atoms with van der Waals surface area (Å²) in [5, 5.41) is 26.8. The fourth-order valence-corrected chi connectivity index (χ4v) is 6.18. The van der Waals surface area contributed by atoms with E-state index in [0.29, 0.717) is 31.1 Å². The second kappa shape index (κ2) is 11.0. The van der Waals surface area contributed by atoms with Crippen molar-refractivity contribution in [3.8, 4) is 6.07 Å². The summed E-state index contributed by atoms with van der Waals surface area (Å²) in [6.45, 7) is 5.33. The quantitative estimate of drug-likeness (QED) is 0.329. The molecule has 0 unspecified atom stereocenters. The van der Waals surface area contributed by atoms with Gasteiger partial charge in [-0.3, -0.25) is 14.9 Å². The number of nitriles is 1. The highest BCUT2D eigenvalue weighted by Crippen LogP contribution is 2.29. The van der Waals surface area contributed by atoms with E-state index in [2.05, 4.69) is 10.6 Å². The first kappa shape index (κ1) is 28.6. The molecule has 210 valence electrons. The van der Waals surface area contributed by atoms with Crippen LogP contribution >= 0.6 is 0 Å². The van der Waals surface area contributed by atoms with Crippen molar-refractivity contribution >= 4 is 38.6 Å². The fourth-order valence-electron chi connectivity index (χ4n) is 4.64. The lowest BCUT2D eigenvalue weighted by Crippen LogP contribution is -2.45. The van der Waals surface area contributed by atoms with Crippen LogP contribution in [-0.2, 0) is 14.8 Å². The number of hydrogen-bond donors (Lipinski definition) is 2. The van der Waals surface area contributed by atoms with Gasteiger partial charge in [0, 0.05) is 29.6 Å². The number of ether oxygens (including phenoxy) is 1. The van der Waals surface area contributed by atoms with Crippen LogP contribution in [0, 0.1) is 21.4 Å². The zero-order valence-electron chi connectivity index (χ0n) is 22.2. The van der Waals surface area contributed by atoms with Gasteiger partial charge in [-0.15, -0.1) is 0 Å². The smallest absolute Gasteiger partial charge is 0.407 e. The first-order valence-corrected chi connectivity index (χ1v) is 14.1. The molecule has 2 amide bonds. The summed E-state index contributed by atoms with van der Waals surface area (Å²) >= 11 is 0. The lowest BCUT2D eigenvalue weighted by atomic mass is 9.91. The second-order valence-corrected chi connectivity index (χ2v) is 12.4. The molecule has 1 saturated carbocycles. The average molecular weight is 568 g/mol. The summed E-state index contributed by atoms with van der Waals surface area (Å²) in [6, 6.07) is 11.9. The number of hydrogen-bond acceptors (Lipinski definition) is 8. The molecule has 0 spiro atoms. The van der Waals surface area contributed by atoms with E-state index in [4.69, 9.17) is 4.74 Å². The highest BCUT2D eigenvalue weighted by atomic mass is 32.2. The summed E-state index contributed by atoms with van der Waals surface area (Å²) in [4.78, 5) is 35.8. The van der Waals surface area contributed by atoms with Crippen LogP contribution in [0.15, 0.2) is 53.4 Å². The minimum atomic E-state index is -4.48. The monoisotopic (exact) mass is 567 g/mol. The van der Waals surface area contributed by atoms with Gasteiger partial charge < -0.3 is 15.4 Å². The van der Waals surface area contributed by atoms with E-state index in [9.17, 15) is 33.4 Å². The van der Waals surface area contributed by atoms with Gasteiger partial charge in [-0.05, 0) is 70.7 Å². The van der Waals surface area contributed by atoms with Gasteiger partial charge in [-0.2, -0.15) is 5.26 Å². The van der Waals surface area contributed by atoms with Gasteiger partial charge >= 0.3 is 6.09 Å². The number of nitrogens with zero attached hydrogens (tertiary/aromatic N) is 3. The number of fused-ring (bicyclic) bond motifs is 1. The SMILES string of the molecule is CC(C)(C)OC(=O)N[C@H]1CC[C@H](NC(=O)c2cc3ccc(C#N)cc3n2S(=O)(=O)c2cccc([N+](=O)[O-])c2)CC1. The highest BCUT2D eigenvalue weighted by molar-refractivity contribution is 7.90. The molecule has 3 aromatic rings. The number of benzene rings is 2. The van der Waals surface area contributed by atoms with Crippen LogP contribution in [0.5, 0.6) is 0 Å². The number of rotatable bonds is 6. The van der Waals surface area contributed by atoms with Crippen molar-refractivity contribution in [3.63, 3.8) is 0 Å². The number of alkyl carbamates (subject to hydrolysis) is 1. The Morgan fingerprint density at radius 3 is 2.30 bits per heavy atom. The van der Waals surface area contributed by atoms with E-state index >= 15 is 0 Å². The molecule has 12 nitrogen and oxygen atoms in total. The molecule has 2 N–H and O–H groups in total. The number of non-ortho nitro benzene ring substituents is 1. The van der Waals surface area contributed by atoms with Crippen molar-refractivity contribution in [2.75, 3.05) is 0 Å². The standard InChI is InChI=1S/C27H29N5O7S/c1-27(2,3)39-26(34)30-20-11-9-19(10-12-20)29-25(33)24-14-18-8-7-17(16-28)13-23(18)31(24)40(37,38)22-6-4-5-21(15-22)32(35)36/h4-8,13-15,19-20H,9-12H2,1-3H3,(H,29,33)(H,30,34)/t19-,20-. The zero-order chi connectivity index (χ0) is 29.2. The van der Waals surface area contributed by atoms with Gasteiger partial charge in [0.05, 0.1) is 27.0 Å². The zero-order valence-corrected chi connectivity index (χ0v) is 23.0. The van der Waals surface area contributed by atoms with E-state index in [1.165, 1.54) is 42.5 Å². The van der Waals surface area contributed by atoms with E-state index < -0.39 is 38.2 Å². The predicted molar refractivity (Wildman–Crippen MR) is 145 cm³/mol. The molecule has 13 heteroatoms.